The first-order valence-corrected chi connectivity index (χ1v) is 12.6. The van der Waals surface area contributed by atoms with E-state index in [2.05, 4.69) is 34.1 Å². The van der Waals surface area contributed by atoms with E-state index in [1.165, 1.54) is 30.7 Å². The van der Waals surface area contributed by atoms with Gasteiger partial charge < -0.3 is 15.5 Å². The Hall–Kier alpha value is -3.96. The molecule has 2 aliphatic rings. The molecule has 0 unspecified atom stereocenters. The number of nitriles is 1. The fraction of sp³-hybridized carbons (Fsp3) is 0.321. The smallest absolute Gasteiger partial charge is 0.167 e. The average molecular weight is 482 g/mol. The molecule has 6 rings (SSSR count). The summed E-state index contributed by atoms with van der Waals surface area (Å²) in [4.78, 5) is 14.4. The van der Waals surface area contributed by atoms with Crippen LogP contribution in [0.3, 0.4) is 0 Å². The summed E-state index contributed by atoms with van der Waals surface area (Å²) in [5.41, 5.74) is 11.4. The minimum Gasteiger partial charge on any atom is -0.372 e. The number of aromatic nitrogens is 3. The highest BCUT2D eigenvalue weighted by molar-refractivity contribution is 5.90. The van der Waals surface area contributed by atoms with Gasteiger partial charge in [-0.25, -0.2) is 14.4 Å². The van der Waals surface area contributed by atoms with Crippen molar-refractivity contribution in [3.8, 4) is 23.1 Å². The van der Waals surface area contributed by atoms with Gasteiger partial charge in [0, 0.05) is 55.4 Å². The second-order valence-corrected chi connectivity index (χ2v) is 9.64. The zero-order chi connectivity index (χ0) is 24.6. The Labute approximate surface area is 209 Å². The normalized spacial score (nSPS) is 18.1. The van der Waals surface area contributed by atoms with Crippen LogP contribution in [0.15, 0.2) is 54.7 Å². The first-order chi connectivity index (χ1) is 17.6. The predicted octanol–water partition coefficient (Wildman–Crippen LogP) is 4.63. The molecule has 0 amide bonds. The summed E-state index contributed by atoms with van der Waals surface area (Å²) >= 11 is 0. The van der Waals surface area contributed by atoms with Crippen LogP contribution in [0, 0.1) is 17.1 Å². The van der Waals surface area contributed by atoms with E-state index in [9.17, 15) is 9.65 Å². The van der Waals surface area contributed by atoms with E-state index in [0.717, 1.165) is 55.9 Å². The average Bonchev–Trinajstić information content (AvgIpc) is 3.57. The first-order valence-electron chi connectivity index (χ1n) is 12.6. The van der Waals surface area contributed by atoms with E-state index in [-0.39, 0.29) is 11.6 Å². The molecule has 2 fully saturated rings. The first kappa shape index (κ1) is 22.5. The molecular formula is C28H28FN7. The maximum absolute atomic E-state index is 14.7. The number of nitrogens with zero attached hydrogens (tertiary/aromatic N) is 6. The second kappa shape index (κ2) is 9.25. The number of rotatable bonds is 4. The van der Waals surface area contributed by atoms with Gasteiger partial charge >= 0.3 is 0 Å². The number of nitrogens with two attached hydrogens (primary N) is 1. The summed E-state index contributed by atoms with van der Waals surface area (Å²) in [5.74, 6) is 0.0248. The van der Waals surface area contributed by atoms with E-state index in [4.69, 9.17) is 15.7 Å². The third kappa shape index (κ3) is 3.95. The molecule has 2 aromatic carbocycles. The van der Waals surface area contributed by atoms with Gasteiger partial charge in [-0.15, -0.1) is 0 Å². The van der Waals surface area contributed by atoms with Gasteiger partial charge in [0.05, 0.1) is 11.3 Å². The van der Waals surface area contributed by atoms with Crippen LogP contribution in [0.25, 0.3) is 28.2 Å². The van der Waals surface area contributed by atoms with Crippen molar-refractivity contribution in [3.05, 3.63) is 66.1 Å². The van der Waals surface area contributed by atoms with Crippen LogP contribution in [0.4, 0.5) is 15.8 Å². The van der Waals surface area contributed by atoms with Crippen molar-refractivity contribution in [2.24, 2.45) is 5.73 Å². The number of hydrogen-bond donors (Lipinski definition) is 1. The summed E-state index contributed by atoms with van der Waals surface area (Å²) in [7, 11) is 0. The Morgan fingerprint density at radius 2 is 1.69 bits per heavy atom. The van der Waals surface area contributed by atoms with Crippen molar-refractivity contribution in [3.63, 3.8) is 0 Å². The standard InChI is InChI=1S/C28H28FN7/c29-24-16-19(5-6-20(24)17-30)27-33-26-25(35-15-3-4-21(31)18-35)11-12-32-28(26)36(27)23-9-7-22(8-10-23)34-13-1-2-14-34/h5-12,16,21H,1-4,13-15,18,31H2/t21-/m1/s1. The number of piperidine rings is 1. The molecule has 2 aromatic heterocycles. The van der Waals surface area contributed by atoms with Crippen molar-refractivity contribution in [2.75, 3.05) is 36.0 Å². The monoisotopic (exact) mass is 481 g/mol. The Kier molecular flexibility index (Phi) is 5.78. The lowest BCUT2D eigenvalue weighted by Gasteiger charge is -2.32. The quantitative estimate of drug-likeness (QED) is 0.458. The summed E-state index contributed by atoms with van der Waals surface area (Å²) in [6, 6.07) is 17.0. The van der Waals surface area contributed by atoms with Gasteiger partial charge in [-0.1, -0.05) is 0 Å². The van der Waals surface area contributed by atoms with Gasteiger partial charge in [0.15, 0.2) is 5.65 Å². The van der Waals surface area contributed by atoms with E-state index in [1.807, 2.05) is 16.7 Å². The number of anilines is 2. The number of benzene rings is 2. The third-order valence-electron chi connectivity index (χ3n) is 7.25. The molecule has 4 heterocycles. The number of halogens is 1. The maximum atomic E-state index is 14.7. The van der Waals surface area contributed by atoms with Gasteiger partial charge in [0.1, 0.15) is 23.2 Å². The summed E-state index contributed by atoms with van der Waals surface area (Å²) < 4.78 is 16.6. The van der Waals surface area contributed by atoms with Crippen LogP contribution >= 0.6 is 0 Å². The predicted molar refractivity (Wildman–Crippen MR) is 140 cm³/mol. The molecule has 0 bridgehead atoms. The van der Waals surface area contributed by atoms with E-state index in [1.54, 1.807) is 12.3 Å². The zero-order valence-corrected chi connectivity index (χ0v) is 20.1. The molecular weight excluding hydrogens is 453 g/mol. The van der Waals surface area contributed by atoms with Crippen LogP contribution < -0.4 is 15.5 Å². The van der Waals surface area contributed by atoms with Gasteiger partial charge in [-0.3, -0.25) is 4.57 Å². The Bertz CT molecular complexity index is 1450. The van der Waals surface area contributed by atoms with Crippen molar-refractivity contribution >= 4 is 22.5 Å². The lowest BCUT2D eigenvalue weighted by Crippen LogP contribution is -2.42. The molecule has 4 aromatic rings. The lowest BCUT2D eigenvalue weighted by atomic mass is 10.1. The molecule has 0 spiro atoms. The van der Waals surface area contributed by atoms with Gasteiger partial charge in [-0.05, 0) is 74.2 Å². The van der Waals surface area contributed by atoms with Gasteiger partial charge in [-0.2, -0.15) is 5.26 Å². The Morgan fingerprint density at radius 3 is 2.42 bits per heavy atom. The SMILES string of the molecule is N#Cc1ccc(-c2nc3c(N4CCC[C@@H](N)C4)ccnc3n2-c2ccc(N3CCCC3)cc2)cc1F. The molecule has 2 aliphatic heterocycles. The highest BCUT2D eigenvalue weighted by atomic mass is 19.1. The lowest BCUT2D eigenvalue weighted by molar-refractivity contribution is 0.507. The van der Waals surface area contributed by atoms with Crippen molar-refractivity contribution in [1.29, 1.82) is 5.26 Å². The number of hydrogen-bond acceptors (Lipinski definition) is 6. The molecule has 1 atom stereocenters. The highest BCUT2D eigenvalue weighted by Gasteiger charge is 2.24. The van der Waals surface area contributed by atoms with Gasteiger partial charge in [0.25, 0.3) is 0 Å². The van der Waals surface area contributed by atoms with E-state index >= 15 is 0 Å². The summed E-state index contributed by atoms with van der Waals surface area (Å²) in [6.45, 7) is 3.82. The molecule has 2 saturated heterocycles. The minimum atomic E-state index is -0.562. The Balaban J connectivity index is 1.52. The maximum Gasteiger partial charge on any atom is 0.167 e. The molecule has 7 nitrogen and oxygen atoms in total. The number of imidazole rings is 1. The molecule has 0 aliphatic carbocycles. The topological polar surface area (TPSA) is 87.0 Å². The second-order valence-electron chi connectivity index (χ2n) is 9.64. The van der Waals surface area contributed by atoms with Crippen LogP contribution in [0.1, 0.15) is 31.2 Å². The fourth-order valence-electron chi connectivity index (χ4n) is 5.42. The van der Waals surface area contributed by atoms with E-state index < -0.39 is 5.82 Å². The fourth-order valence-corrected chi connectivity index (χ4v) is 5.42. The van der Waals surface area contributed by atoms with E-state index in [0.29, 0.717) is 17.0 Å². The molecule has 182 valence electrons. The minimum absolute atomic E-state index is 0.0116. The van der Waals surface area contributed by atoms with Crippen LogP contribution in [-0.4, -0.2) is 46.8 Å². The summed E-state index contributed by atoms with van der Waals surface area (Å²) in [5, 5.41) is 9.20. The van der Waals surface area contributed by atoms with Crippen molar-refractivity contribution < 1.29 is 4.39 Å². The molecule has 0 radical (unpaired) electrons. The Morgan fingerprint density at radius 1 is 0.944 bits per heavy atom. The number of pyridine rings is 1. The van der Waals surface area contributed by atoms with Crippen LogP contribution in [-0.2, 0) is 0 Å². The molecule has 36 heavy (non-hydrogen) atoms. The highest BCUT2D eigenvalue weighted by Crippen LogP contribution is 2.34. The third-order valence-corrected chi connectivity index (χ3v) is 7.25. The zero-order valence-electron chi connectivity index (χ0n) is 20.1. The molecule has 0 saturated carbocycles. The van der Waals surface area contributed by atoms with Crippen LogP contribution in [0.2, 0.25) is 0 Å². The van der Waals surface area contributed by atoms with Crippen molar-refractivity contribution in [1.82, 2.24) is 14.5 Å². The van der Waals surface area contributed by atoms with Crippen molar-refractivity contribution in [2.45, 2.75) is 31.7 Å². The largest absolute Gasteiger partial charge is 0.372 e. The molecule has 2 N–H and O–H groups in total. The number of fused-ring (bicyclic) bond motifs is 1. The molecule has 8 heteroatoms. The van der Waals surface area contributed by atoms with Gasteiger partial charge in [0.2, 0.25) is 0 Å². The van der Waals surface area contributed by atoms with Crippen LogP contribution in [0.5, 0.6) is 0 Å². The summed E-state index contributed by atoms with van der Waals surface area (Å²) in [6.07, 6.45) is 6.28.